The van der Waals surface area contributed by atoms with Crippen LogP contribution in [0.4, 0.5) is 5.69 Å². The van der Waals surface area contributed by atoms with E-state index in [0.29, 0.717) is 19.0 Å². The minimum Gasteiger partial charge on any atom is -0.399 e. The van der Waals surface area contributed by atoms with Gasteiger partial charge in [0.1, 0.15) is 0 Å². The monoisotopic (exact) mass is 307 g/mol. The minimum absolute atomic E-state index is 0. The maximum atomic E-state index is 11.7. The first-order valence-electron chi connectivity index (χ1n) is 5.76. The van der Waals surface area contributed by atoms with Crippen LogP contribution in [0, 0.1) is 0 Å². The summed E-state index contributed by atoms with van der Waals surface area (Å²) < 4.78 is 0. The quantitative estimate of drug-likeness (QED) is 0.814. The summed E-state index contributed by atoms with van der Waals surface area (Å²) in [7, 11) is 3.99. The highest BCUT2D eigenvalue weighted by Crippen LogP contribution is 2.05. The molecule has 0 fully saturated rings. The van der Waals surface area contributed by atoms with E-state index in [4.69, 9.17) is 5.73 Å². The normalized spacial score (nSPS) is 11.2. The SMILES string of the molecule is CC(CNC(=O)Cc1ccc(N)cc1)N(C)C.Cl.Cl. The molecule has 6 heteroatoms. The van der Waals surface area contributed by atoms with E-state index in [1.165, 1.54) is 0 Å². The number of hydrogen-bond acceptors (Lipinski definition) is 3. The lowest BCUT2D eigenvalue weighted by atomic mass is 10.1. The van der Waals surface area contributed by atoms with Crippen LogP contribution in [-0.4, -0.2) is 37.5 Å². The molecule has 0 aliphatic rings. The molecule has 1 atom stereocenters. The number of hydrogen-bond donors (Lipinski definition) is 2. The highest BCUT2D eigenvalue weighted by atomic mass is 35.5. The van der Waals surface area contributed by atoms with E-state index in [1.54, 1.807) is 0 Å². The average Bonchev–Trinajstić information content (AvgIpc) is 2.29. The lowest BCUT2D eigenvalue weighted by molar-refractivity contribution is -0.120. The Labute approximate surface area is 127 Å². The Kier molecular flexibility index (Phi) is 10.6. The average molecular weight is 308 g/mol. The van der Waals surface area contributed by atoms with Gasteiger partial charge < -0.3 is 16.0 Å². The second-order valence-corrected chi connectivity index (χ2v) is 4.54. The number of nitrogen functional groups attached to an aromatic ring is 1. The van der Waals surface area contributed by atoms with E-state index in [9.17, 15) is 4.79 Å². The van der Waals surface area contributed by atoms with Crippen LogP contribution in [0.1, 0.15) is 12.5 Å². The number of rotatable bonds is 5. The Morgan fingerprint density at radius 2 is 1.79 bits per heavy atom. The third-order valence-corrected chi connectivity index (χ3v) is 2.82. The fourth-order valence-corrected chi connectivity index (χ4v) is 1.33. The van der Waals surface area contributed by atoms with Gasteiger partial charge in [-0.25, -0.2) is 0 Å². The first-order chi connectivity index (χ1) is 7.99. The number of anilines is 1. The first kappa shape index (κ1) is 20.3. The second-order valence-electron chi connectivity index (χ2n) is 4.54. The molecule has 1 unspecified atom stereocenters. The molecule has 4 nitrogen and oxygen atoms in total. The molecule has 19 heavy (non-hydrogen) atoms. The van der Waals surface area contributed by atoms with Crippen molar-refractivity contribution in [1.82, 2.24) is 10.2 Å². The molecule has 1 rings (SSSR count). The van der Waals surface area contributed by atoms with Crippen molar-refractivity contribution >= 4 is 36.4 Å². The van der Waals surface area contributed by atoms with Crippen molar-refractivity contribution in [3.05, 3.63) is 29.8 Å². The zero-order chi connectivity index (χ0) is 12.8. The highest BCUT2D eigenvalue weighted by Gasteiger charge is 2.07. The van der Waals surface area contributed by atoms with Gasteiger partial charge in [0.05, 0.1) is 6.42 Å². The van der Waals surface area contributed by atoms with E-state index < -0.39 is 0 Å². The molecule has 0 heterocycles. The summed E-state index contributed by atoms with van der Waals surface area (Å²) in [6, 6.07) is 7.72. The molecule has 0 aliphatic carbocycles. The van der Waals surface area contributed by atoms with Gasteiger partial charge in [0.15, 0.2) is 0 Å². The van der Waals surface area contributed by atoms with Crippen LogP contribution >= 0.6 is 24.8 Å². The van der Waals surface area contributed by atoms with Gasteiger partial charge in [-0.15, -0.1) is 24.8 Å². The Bertz CT molecular complexity index is 369. The first-order valence-corrected chi connectivity index (χ1v) is 5.76. The van der Waals surface area contributed by atoms with E-state index in [2.05, 4.69) is 17.1 Å². The molecule has 1 aromatic carbocycles. The van der Waals surface area contributed by atoms with Crippen molar-refractivity contribution in [3.63, 3.8) is 0 Å². The van der Waals surface area contributed by atoms with Crippen LogP contribution in [-0.2, 0) is 11.2 Å². The van der Waals surface area contributed by atoms with Gasteiger partial charge in [-0.3, -0.25) is 4.79 Å². The fraction of sp³-hybridized carbons (Fsp3) is 0.462. The predicted octanol–water partition coefficient (Wildman–Crippen LogP) is 1.72. The zero-order valence-electron chi connectivity index (χ0n) is 11.6. The Morgan fingerprint density at radius 1 is 1.26 bits per heavy atom. The summed E-state index contributed by atoms with van der Waals surface area (Å²) in [5.41, 5.74) is 7.28. The number of benzene rings is 1. The summed E-state index contributed by atoms with van der Waals surface area (Å²) in [6.07, 6.45) is 0.403. The van der Waals surface area contributed by atoms with E-state index >= 15 is 0 Å². The topological polar surface area (TPSA) is 58.4 Å². The molecular formula is C13H23Cl2N3O. The molecular weight excluding hydrogens is 285 g/mol. The van der Waals surface area contributed by atoms with Crippen LogP contribution in [0.5, 0.6) is 0 Å². The number of halogens is 2. The number of likely N-dealkylation sites (N-methyl/N-ethyl adjacent to an activating group) is 1. The summed E-state index contributed by atoms with van der Waals surface area (Å²) in [4.78, 5) is 13.7. The third-order valence-electron chi connectivity index (χ3n) is 2.82. The van der Waals surface area contributed by atoms with Gasteiger partial charge >= 0.3 is 0 Å². The van der Waals surface area contributed by atoms with E-state index in [-0.39, 0.29) is 30.7 Å². The number of nitrogens with one attached hydrogen (secondary N) is 1. The molecule has 0 saturated carbocycles. The van der Waals surface area contributed by atoms with Crippen molar-refractivity contribution in [2.45, 2.75) is 19.4 Å². The summed E-state index contributed by atoms with van der Waals surface area (Å²) >= 11 is 0. The minimum atomic E-state index is 0. The summed E-state index contributed by atoms with van der Waals surface area (Å²) in [6.45, 7) is 2.74. The Hall–Kier alpha value is -0.970. The molecule has 0 aliphatic heterocycles. The lowest BCUT2D eigenvalue weighted by Crippen LogP contribution is -2.38. The highest BCUT2D eigenvalue weighted by molar-refractivity contribution is 5.85. The van der Waals surface area contributed by atoms with Crippen molar-refractivity contribution in [2.24, 2.45) is 0 Å². The van der Waals surface area contributed by atoms with Crippen molar-refractivity contribution in [1.29, 1.82) is 0 Å². The smallest absolute Gasteiger partial charge is 0.224 e. The molecule has 1 aromatic rings. The number of amides is 1. The number of nitrogens with zero attached hydrogens (tertiary/aromatic N) is 1. The molecule has 0 aromatic heterocycles. The summed E-state index contributed by atoms with van der Waals surface area (Å²) in [5, 5.41) is 2.92. The van der Waals surface area contributed by atoms with Gasteiger partial charge in [-0.1, -0.05) is 12.1 Å². The zero-order valence-corrected chi connectivity index (χ0v) is 13.2. The van der Waals surface area contributed by atoms with Gasteiger partial charge in [-0.05, 0) is 38.7 Å². The predicted molar refractivity (Wildman–Crippen MR) is 85.2 cm³/mol. The molecule has 1 amide bonds. The van der Waals surface area contributed by atoms with Crippen LogP contribution in [0.25, 0.3) is 0 Å². The fourth-order valence-electron chi connectivity index (χ4n) is 1.33. The Morgan fingerprint density at radius 3 is 2.26 bits per heavy atom. The third kappa shape index (κ3) is 7.93. The van der Waals surface area contributed by atoms with Gasteiger partial charge in [0.25, 0.3) is 0 Å². The molecule has 0 bridgehead atoms. The van der Waals surface area contributed by atoms with Gasteiger partial charge in [-0.2, -0.15) is 0 Å². The van der Waals surface area contributed by atoms with E-state index in [1.807, 2.05) is 38.4 Å². The molecule has 110 valence electrons. The number of carbonyl (C=O) groups is 1. The van der Waals surface area contributed by atoms with Crippen LogP contribution < -0.4 is 11.1 Å². The molecule has 0 saturated heterocycles. The van der Waals surface area contributed by atoms with Crippen LogP contribution in [0.2, 0.25) is 0 Å². The standard InChI is InChI=1S/C13H21N3O.2ClH/c1-10(16(2)3)9-15-13(17)8-11-4-6-12(14)7-5-11;;/h4-7,10H,8-9,14H2,1-3H3,(H,15,17);2*1H. The molecule has 0 radical (unpaired) electrons. The van der Waals surface area contributed by atoms with Crippen molar-refractivity contribution < 1.29 is 4.79 Å². The maximum absolute atomic E-state index is 11.7. The van der Waals surface area contributed by atoms with Gasteiger partial charge in [0, 0.05) is 18.3 Å². The Balaban J connectivity index is 0. The molecule has 0 spiro atoms. The number of nitrogens with two attached hydrogens (primary N) is 1. The van der Waals surface area contributed by atoms with Gasteiger partial charge in [0.2, 0.25) is 5.91 Å². The largest absolute Gasteiger partial charge is 0.399 e. The molecule has 3 N–H and O–H groups in total. The maximum Gasteiger partial charge on any atom is 0.224 e. The van der Waals surface area contributed by atoms with Crippen molar-refractivity contribution in [3.8, 4) is 0 Å². The van der Waals surface area contributed by atoms with Crippen LogP contribution in [0.3, 0.4) is 0 Å². The summed E-state index contributed by atoms with van der Waals surface area (Å²) in [5.74, 6) is 0.0449. The van der Waals surface area contributed by atoms with Crippen LogP contribution in [0.15, 0.2) is 24.3 Å². The number of carbonyl (C=O) groups excluding carboxylic acids is 1. The van der Waals surface area contributed by atoms with E-state index in [0.717, 1.165) is 11.3 Å². The van der Waals surface area contributed by atoms with Crippen molar-refractivity contribution in [2.75, 3.05) is 26.4 Å². The second kappa shape index (κ2) is 9.89. The lowest BCUT2D eigenvalue weighted by Gasteiger charge is -2.19.